The third kappa shape index (κ3) is 27.7. The van der Waals surface area contributed by atoms with Crippen molar-refractivity contribution in [3.63, 3.8) is 0 Å². The molecule has 4 N–H and O–H groups in total. The van der Waals surface area contributed by atoms with Crippen molar-refractivity contribution in [2.45, 2.75) is 205 Å². The second-order valence-electron chi connectivity index (χ2n) is 12.4. The van der Waals surface area contributed by atoms with E-state index in [1.165, 1.54) is 122 Å². The topological polar surface area (TPSA) is 89.8 Å². The maximum absolute atomic E-state index is 12.3. The highest BCUT2D eigenvalue weighted by atomic mass is 16.3. The highest BCUT2D eigenvalue weighted by Crippen LogP contribution is 2.15. The van der Waals surface area contributed by atoms with E-state index in [1.807, 2.05) is 0 Å². The first-order valence-electron chi connectivity index (χ1n) is 18.0. The first-order chi connectivity index (χ1) is 20.1. The molecule has 5 nitrogen and oxygen atoms in total. The van der Waals surface area contributed by atoms with Crippen molar-refractivity contribution >= 4 is 5.91 Å². The van der Waals surface area contributed by atoms with Gasteiger partial charge in [0, 0.05) is 6.42 Å². The zero-order valence-corrected chi connectivity index (χ0v) is 27.4. The molecule has 0 radical (unpaired) electrons. The first-order valence-corrected chi connectivity index (χ1v) is 18.0. The van der Waals surface area contributed by atoms with E-state index in [0.29, 0.717) is 12.8 Å². The molecule has 0 aromatic carbocycles. The van der Waals surface area contributed by atoms with Gasteiger partial charge in [-0.1, -0.05) is 154 Å². The molecule has 0 heterocycles. The van der Waals surface area contributed by atoms with Crippen molar-refractivity contribution in [3.05, 3.63) is 12.2 Å². The number of carbonyl (C=O) groups excluding carboxylic acids is 1. The number of allylic oxidation sites excluding steroid dienone is 2. The molecule has 0 fully saturated rings. The predicted molar refractivity (Wildman–Crippen MR) is 176 cm³/mol. The van der Waals surface area contributed by atoms with E-state index in [4.69, 9.17) is 0 Å². The summed E-state index contributed by atoms with van der Waals surface area (Å²) < 4.78 is 0. The van der Waals surface area contributed by atoms with Gasteiger partial charge in [-0.05, 0) is 38.5 Å². The van der Waals surface area contributed by atoms with Crippen LogP contribution < -0.4 is 5.32 Å². The molecule has 5 heteroatoms. The molecule has 1 amide bonds. The molecule has 0 saturated heterocycles. The summed E-state index contributed by atoms with van der Waals surface area (Å²) in [5, 5.41) is 33.2. The minimum Gasteiger partial charge on any atom is -0.394 e. The second-order valence-corrected chi connectivity index (χ2v) is 12.4. The Labute approximate surface area is 255 Å². The molecule has 0 aromatic heterocycles. The zero-order valence-electron chi connectivity index (χ0n) is 27.4. The molecule has 0 saturated carbocycles. The lowest BCUT2D eigenvalue weighted by Crippen LogP contribution is -2.50. The maximum Gasteiger partial charge on any atom is 0.220 e. The van der Waals surface area contributed by atoms with E-state index >= 15 is 0 Å². The Morgan fingerprint density at radius 1 is 0.585 bits per heavy atom. The number of hydrogen-bond acceptors (Lipinski definition) is 4. The van der Waals surface area contributed by atoms with Crippen molar-refractivity contribution < 1.29 is 20.1 Å². The molecule has 41 heavy (non-hydrogen) atoms. The predicted octanol–water partition coefficient (Wildman–Crippen LogP) is 9.31. The summed E-state index contributed by atoms with van der Waals surface area (Å²) in [6.07, 6.45) is 34.4. The van der Waals surface area contributed by atoms with Gasteiger partial charge in [0.05, 0.1) is 18.8 Å². The maximum atomic E-state index is 12.3. The summed E-state index contributed by atoms with van der Waals surface area (Å²) in [4.78, 5) is 12.3. The molecule has 0 aliphatic carbocycles. The van der Waals surface area contributed by atoms with Gasteiger partial charge in [-0.2, -0.15) is 0 Å². The van der Waals surface area contributed by atoms with E-state index in [0.717, 1.165) is 38.5 Å². The van der Waals surface area contributed by atoms with E-state index in [1.54, 1.807) is 0 Å². The van der Waals surface area contributed by atoms with Crippen molar-refractivity contribution in [2.75, 3.05) is 6.61 Å². The highest BCUT2D eigenvalue weighted by molar-refractivity contribution is 5.76. The van der Waals surface area contributed by atoms with Crippen molar-refractivity contribution in [1.82, 2.24) is 5.32 Å². The smallest absolute Gasteiger partial charge is 0.220 e. The number of nitrogens with one attached hydrogen (secondary N) is 1. The van der Waals surface area contributed by atoms with Crippen molar-refractivity contribution in [3.8, 4) is 0 Å². The van der Waals surface area contributed by atoms with Crippen LogP contribution in [-0.2, 0) is 4.79 Å². The fourth-order valence-electron chi connectivity index (χ4n) is 5.51. The molecule has 0 bridgehead atoms. The Morgan fingerprint density at radius 2 is 0.976 bits per heavy atom. The van der Waals surface area contributed by atoms with Crippen LogP contribution in [0.25, 0.3) is 0 Å². The Morgan fingerprint density at radius 3 is 1.41 bits per heavy atom. The van der Waals surface area contributed by atoms with Gasteiger partial charge >= 0.3 is 0 Å². The van der Waals surface area contributed by atoms with Crippen LogP contribution in [0.4, 0.5) is 0 Å². The average molecular weight is 582 g/mol. The third-order valence-corrected chi connectivity index (χ3v) is 8.37. The van der Waals surface area contributed by atoms with Gasteiger partial charge in [0.15, 0.2) is 0 Å². The number of aliphatic hydroxyl groups excluding tert-OH is 3. The number of aliphatic hydroxyl groups is 3. The monoisotopic (exact) mass is 582 g/mol. The molecular formula is C36H71NO4. The number of amides is 1. The summed E-state index contributed by atoms with van der Waals surface area (Å²) in [5.74, 6) is -0.154. The fourth-order valence-corrected chi connectivity index (χ4v) is 5.51. The molecule has 0 aromatic rings. The number of rotatable bonds is 32. The molecule has 0 aliphatic heterocycles. The largest absolute Gasteiger partial charge is 0.394 e. The summed E-state index contributed by atoms with van der Waals surface area (Å²) in [6.45, 7) is 4.14. The molecule has 0 rings (SSSR count). The normalized spacial score (nSPS) is 14.0. The SMILES string of the molecule is CCCCCCCCC/C=C\CCCC(O)[C@@H](O)C(CO)NC(=O)CCCCCCCCCCCCCCCCC. The van der Waals surface area contributed by atoms with Gasteiger partial charge in [-0.3, -0.25) is 4.79 Å². The Hall–Kier alpha value is -0.910. The molecule has 3 atom stereocenters. The lowest BCUT2D eigenvalue weighted by atomic mass is 10.0. The molecule has 0 aliphatic rings. The summed E-state index contributed by atoms with van der Waals surface area (Å²) in [7, 11) is 0. The Balaban J connectivity index is 3.72. The van der Waals surface area contributed by atoms with E-state index in [2.05, 4.69) is 31.3 Å². The number of carbonyl (C=O) groups is 1. The van der Waals surface area contributed by atoms with Gasteiger partial charge in [0.25, 0.3) is 0 Å². The van der Waals surface area contributed by atoms with Crippen LogP contribution >= 0.6 is 0 Å². The minimum atomic E-state index is -1.15. The summed E-state index contributed by atoms with van der Waals surface area (Å²) >= 11 is 0. The molecule has 0 spiro atoms. The van der Waals surface area contributed by atoms with E-state index in [9.17, 15) is 20.1 Å². The van der Waals surface area contributed by atoms with Crippen LogP contribution in [0, 0.1) is 0 Å². The van der Waals surface area contributed by atoms with E-state index < -0.39 is 18.2 Å². The van der Waals surface area contributed by atoms with Crippen LogP contribution in [0.1, 0.15) is 187 Å². The first kappa shape index (κ1) is 40.1. The van der Waals surface area contributed by atoms with Crippen LogP contribution in [0.15, 0.2) is 12.2 Å². The van der Waals surface area contributed by atoms with E-state index in [-0.39, 0.29) is 12.5 Å². The lowest BCUT2D eigenvalue weighted by Gasteiger charge is -2.26. The summed E-state index contributed by atoms with van der Waals surface area (Å²) in [6, 6.07) is -0.818. The van der Waals surface area contributed by atoms with Crippen LogP contribution in [0.5, 0.6) is 0 Å². The third-order valence-electron chi connectivity index (χ3n) is 8.37. The molecule has 2 unspecified atom stereocenters. The zero-order chi connectivity index (χ0) is 30.2. The number of unbranched alkanes of at least 4 members (excludes halogenated alkanes) is 22. The van der Waals surface area contributed by atoms with Gasteiger partial charge in [0.1, 0.15) is 6.10 Å². The van der Waals surface area contributed by atoms with Gasteiger partial charge in [-0.15, -0.1) is 0 Å². The minimum absolute atomic E-state index is 0.154. The van der Waals surface area contributed by atoms with Crippen LogP contribution in [0.2, 0.25) is 0 Å². The van der Waals surface area contributed by atoms with Crippen LogP contribution in [-0.4, -0.2) is 46.1 Å². The van der Waals surface area contributed by atoms with Crippen molar-refractivity contribution in [1.29, 1.82) is 0 Å². The Bertz CT molecular complexity index is 568. The molecular weight excluding hydrogens is 510 g/mol. The lowest BCUT2D eigenvalue weighted by molar-refractivity contribution is -0.124. The fraction of sp³-hybridized carbons (Fsp3) is 0.917. The van der Waals surface area contributed by atoms with Gasteiger partial charge in [0.2, 0.25) is 5.91 Å². The standard InChI is InChI=1S/C36H71NO4/c1-3-5-7-9-11-13-15-17-18-19-21-23-25-27-29-31-35(40)37-33(32-38)36(41)34(39)30-28-26-24-22-20-16-14-12-10-8-6-4-2/h22,24,33-34,36,38-39,41H,3-21,23,25-32H2,1-2H3,(H,37,40)/b24-22-/t33?,34?,36-/m0/s1. The Kier molecular flexibility index (Phi) is 31.3. The highest BCUT2D eigenvalue weighted by Gasteiger charge is 2.26. The quantitative estimate of drug-likeness (QED) is 0.0471. The average Bonchev–Trinajstić information content (AvgIpc) is 2.97. The van der Waals surface area contributed by atoms with Gasteiger partial charge in [-0.25, -0.2) is 0 Å². The van der Waals surface area contributed by atoms with Gasteiger partial charge < -0.3 is 20.6 Å². The van der Waals surface area contributed by atoms with Crippen molar-refractivity contribution in [2.24, 2.45) is 0 Å². The number of hydrogen-bond donors (Lipinski definition) is 4. The molecule has 244 valence electrons. The second kappa shape index (κ2) is 32.0. The summed E-state index contributed by atoms with van der Waals surface area (Å²) in [5.41, 5.74) is 0. The van der Waals surface area contributed by atoms with Crippen LogP contribution in [0.3, 0.4) is 0 Å².